The molecule has 0 spiro atoms. The van der Waals surface area contributed by atoms with Gasteiger partial charge in [0.25, 0.3) is 0 Å². The van der Waals surface area contributed by atoms with Gasteiger partial charge in [0.05, 0.1) is 0 Å². The standard InChI is InChI=1S/C22H23NO2/c1-16-13-20(24-14-18-9-5-3-6-10-18)22(17(2)21(16)23)25-15-19-11-7-4-8-12-19/h3-13H,14-15,23H2,1-2H3. The van der Waals surface area contributed by atoms with Crippen molar-refractivity contribution in [2.75, 3.05) is 5.73 Å². The molecule has 0 aliphatic rings. The summed E-state index contributed by atoms with van der Waals surface area (Å²) in [5, 5.41) is 0. The van der Waals surface area contributed by atoms with Crippen LogP contribution in [-0.4, -0.2) is 0 Å². The molecule has 0 amide bonds. The minimum absolute atomic E-state index is 0.478. The first-order valence-corrected chi connectivity index (χ1v) is 8.38. The van der Waals surface area contributed by atoms with E-state index in [4.69, 9.17) is 15.2 Å². The zero-order chi connectivity index (χ0) is 17.6. The smallest absolute Gasteiger partial charge is 0.166 e. The highest BCUT2D eigenvalue weighted by Crippen LogP contribution is 2.38. The number of aryl methyl sites for hydroxylation is 1. The van der Waals surface area contributed by atoms with Crippen LogP contribution < -0.4 is 15.2 Å². The van der Waals surface area contributed by atoms with Gasteiger partial charge in [-0.05, 0) is 36.6 Å². The molecule has 0 saturated heterocycles. The maximum atomic E-state index is 6.19. The predicted molar refractivity (Wildman–Crippen MR) is 102 cm³/mol. The number of nitrogens with two attached hydrogens (primary N) is 1. The van der Waals surface area contributed by atoms with E-state index in [0.717, 1.165) is 33.7 Å². The van der Waals surface area contributed by atoms with Crippen LogP contribution in [0, 0.1) is 13.8 Å². The van der Waals surface area contributed by atoms with Crippen molar-refractivity contribution in [1.29, 1.82) is 0 Å². The van der Waals surface area contributed by atoms with Crippen LogP contribution in [0.1, 0.15) is 22.3 Å². The Bertz CT molecular complexity index is 830. The van der Waals surface area contributed by atoms with Crippen molar-refractivity contribution >= 4 is 5.69 Å². The molecule has 3 nitrogen and oxygen atoms in total. The summed E-state index contributed by atoms with van der Waals surface area (Å²) in [6.07, 6.45) is 0. The molecule has 0 aromatic heterocycles. The Kier molecular flexibility index (Phi) is 5.24. The average molecular weight is 333 g/mol. The van der Waals surface area contributed by atoms with E-state index in [1.165, 1.54) is 0 Å². The second-order valence-corrected chi connectivity index (χ2v) is 6.11. The molecule has 0 radical (unpaired) electrons. The average Bonchev–Trinajstić information content (AvgIpc) is 2.65. The van der Waals surface area contributed by atoms with Crippen molar-refractivity contribution in [2.45, 2.75) is 27.1 Å². The summed E-state index contributed by atoms with van der Waals surface area (Å²) in [5.41, 5.74) is 11.1. The third kappa shape index (κ3) is 4.13. The quantitative estimate of drug-likeness (QED) is 0.642. The Morgan fingerprint density at radius 1 is 0.760 bits per heavy atom. The Hall–Kier alpha value is -2.94. The van der Waals surface area contributed by atoms with Gasteiger partial charge in [-0.2, -0.15) is 0 Å². The molecule has 0 saturated carbocycles. The summed E-state index contributed by atoms with van der Waals surface area (Å²) in [7, 11) is 0. The monoisotopic (exact) mass is 333 g/mol. The Morgan fingerprint density at radius 3 is 1.84 bits per heavy atom. The van der Waals surface area contributed by atoms with Gasteiger partial charge in [-0.25, -0.2) is 0 Å². The minimum atomic E-state index is 0.478. The first kappa shape index (κ1) is 16.9. The second-order valence-electron chi connectivity index (χ2n) is 6.11. The lowest BCUT2D eigenvalue weighted by atomic mass is 10.1. The number of anilines is 1. The van der Waals surface area contributed by atoms with E-state index in [-0.39, 0.29) is 0 Å². The molecule has 128 valence electrons. The van der Waals surface area contributed by atoms with Gasteiger partial charge in [0, 0.05) is 11.3 Å². The number of hydrogen-bond donors (Lipinski definition) is 1. The number of hydrogen-bond acceptors (Lipinski definition) is 3. The molecule has 0 unspecified atom stereocenters. The molecule has 3 rings (SSSR count). The van der Waals surface area contributed by atoms with Gasteiger partial charge in [-0.1, -0.05) is 60.7 Å². The Labute approximate surface area is 149 Å². The van der Waals surface area contributed by atoms with Crippen molar-refractivity contribution in [2.24, 2.45) is 0 Å². The molecule has 2 N–H and O–H groups in total. The molecule has 0 fully saturated rings. The van der Waals surface area contributed by atoms with Crippen LogP contribution in [0.4, 0.5) is 5.69 Å². The van der Waals surface area contributed by atoms with E-state index >= 15 is 0 Å². The van der Waals surface area contributed by atoms with Crippen molar-refractivity contribution in [3.05, 3.63) is 89.0 Å². The number of rotatable bonds is 6. The van der Waals surface area contributed by atoms with Crippen LogP contribution in [0.15, 0.2) is 66.7 Å². The topological polar surface area (TPSA) is 44.5 Å². The van der Waals surface area contributed by atoms with Crippen molar-refractivity contribution in [1.82, 2.24) is 0 Å². The molecular weight excluding hydrogens is 310 g/mol. The maximum Gasteiger partial charge on any atom is 0.166 e. The van der Waals surface area contributed by atoms with E-state index in [9.17, 15) is 0 Å². The molecule has 0 heterocycles. The van der Waals surface area contributed by atoms with Gasteiger partial charge in [-0.15, -0.1) is 0 Å². The molecule has 3 aromatic carbocycles. The summed E-state index contributed by atoms with van der Waals surface area (Å²) in [4.78, 5) is 0. The molecule has 25 heavy (non-hydrogen) atoms. The van der Waals surface area contributed by atoms with Gasteiger partial charge in [-0.3, -0.25) is 0 Å². The summed E-state index contributed by atoms with van der Waals surface area (Å²) in [5.74, 6) is 1.44. The van der Waals surface area contributed by atoms with Crippen LogP contribution in [0.5, 0.6) is 11.5 Å². The van der Waals surface area contributed by atoms with E-state index in [1.54, 1.807) is 0 Å². The van der Waals surface area contributed by atoms with Crippen LogP contribution >= 0.6 is 0 Å². The molecule has 0 atom stereocenters. The van der Waals surface area contributed by atoms with E-state index < -0.39 is 0 Å². The molecule has 0 bridgehead atoms. The predicted octanol–water partition coefficient (Wildman–Crippen LogP) is 5.04. The van der Waals surface area contributed by atoms with E-state index in [2.05, 4.69) is 0 Å². The lowest BCUT2D eigenvalue weighted by molar-refractivity contribution is 0.254. The SMILES string of the molecule is Cc1cc(OCc2ccccc2)c(OCc2ccccc2)c(C)c1N. The fraction of sp³-hybridized carbons (Fsp3) is 0.182. The Balaban J connectivity index is 1.83. The largest absolute Gasteiger partial charge is 0.485 e. The zero-order valence-electron chi connectivity index (χ0n) is 14.7. The van der Waals surface area contributed by atoms with Crippen LogP contribution in [-0.2, 0) is 13.2 Å². The van der Waals surface area contributed by atoms with Crippen LogP contribution in [0.2, 0.25) is 0 Å². The van der Waals surface area contributed by atoms with Crippen LogP contribution in [0.3, 0.4) is 0 Å². The third-order valence-corrected chi connectivity index (χ3v) is 4.20. The normalized spacial score (nSPS) is 10.5. The number of ether oxygens (including phenoxy) is 2. The highest BCUT2D eigenvalue weighted by Gasteiger charge is 2.14. The molecule has 3 aromatic rings. The first-order valence-electron chi connectivity index (χ1n) is 8.38. The maximum absolute atomic E-state index is 6.19. The van der Waals surface area contributed by atoms with Crippen molar-refractivity contribution in [3.63, 3.8) is 0 Å². The third-order valence-electron chi connectivity index (χ3n) is 4.20. The highest BCUT2D eigenvalue weighted by molar-refractivity contribution is 5.64. The molecule has 0 aliphatic carbocycles. The lowest BCUT2D eigenvalue weighted by Crippen LogP contribution is -2.05. The molecule has 0 aliphatic heterocycles. The van der Waals surface area contributed by atoms with Crippen molar-refractivity contribution in [3.8, 4) is 11.5 Å². The minimum Gasteiger partial charge on any atom is -0.485 e. The van der Waals surface area contributed by atoms with Gasteiger partial charge < -0.3 is 15.2 Å². The summed E-state index contributed by atoms with van der Waals surface area (Å²) < 4.78 is 12.1. The van der Waals surface area contributed by atoms with Crippen molar-refractivity contribution < 1.29 is 9.47 Å². The van der Waals surface area contributed by atoms with E-state index in [0.29, 0.717) is 19.0 Å². The summed E-state index contributed by atoms with van der Waals surface area (Å²) >= 11 is 0. The van der Waals surface area contributed by atoms with E-state index in [1.807, 2.05) is 80.6 Å². The van der Waals surface area contributed by atoms with Gasteiger partial charge in [0.2, 0.25) is 0 Å². The summed E-state index contributed by atoms with van der Waals surface area (Å²) in [6.45, 7) is 4.92. The number of nitrogen functional groups attached to an aromatic ring is 1. The van der Waals surface area contributed by atoms with Crippen LogP contribution in [0.25, 0.3) is 0 Å². The second kappa shape index (κ2) is 7.75. The van der Waals surface area contributed by atoms with Gasteiger partial charge in [0.15, 0.2) is 11.5 Å². The first-order chi connectivity index (χ1) is 12.1. The van der Waals surface area contributed by atoms with Gasteiger partial charge in [0.1, 0.15) is 13.2 Å². The Morgan fingerprint density at radius 2 is 1.28 bits per heavy atom. The number of benzene rings is 3. The molecular formula is C22H23NO2. The fourth-order valence-electron chi connectivity index (χ4n) is 2.69. The fourth-order valence-corrected chi connectivity index (χ4v) is 2.69. The summed E-state index contributed by atoms with van der Waals surface area (Å²) in [6, 6.07) is 22.1. The molecule has 3 heteroatoms. The van der Waals surface area contributed by atoms with Gasteiger partial charge >= 0.3 is 0 Å². The highest BCUT2D eigenvalue weighted by atomic mass is 16.5. The zero-order valence-corrected chi connectivity index (χ0v) is 14.7. The lowest BCUT2D eigenvalue weighted by Gasteiger charge is -2.18.